The zero-order valence-corrected chi connectivity index (χ0v) is 24.9. The summed E-state index contributed by atoms with van der Waals surface area (Å²) < 4.78 is 0. The van der Waals surface area contributed by atoms with Crippen molar-refractivity contribution >= 4 is 58.5 Å². The minimum Gasteiger partial charge on any atom is -0.323 e. The van der Waals surface area contributed by atoms with Crippen molar-refractivity contribution in [1.82, 2.24) is 10.3 Å². The molecule has 0 saturated heterocycles. The molecule has 44 heavy (non-hydrogen) atoms. The zero-order valence-electron chi connectivity index (χ0n) is 23.3. The summed E-state index contributed by atoms with van der Waals surface area (Å²) in [6, 6.07) is 35.8. The van der Waals surface area contributed by atoms with Gasteiger partial charge in [-0.25, -0.2) is 0 Å². The molecule has 1 atom stereocenters. The van der Waals surface area contributed by atoms with E-state index in [9.17, 15) is 14.4 Å². The molecule has 0 saturated carbocycles. The predicted molar refractivity (Wildman–Crippen MR) is 176 cm³/mol. The SMILES string of the molecule is O=C(Nc1cccc(SC(C(=O)Nc2ccccc2Cl)c2ccccc2)c1)/C(=C/c1cccnc1)NC(=O)c1ccccc1. The summed E-state index contributed by atoms with van der Waals surface area (Å²) in [4.78, 5) is 44.8. The van der Waals surface area contributed by atoms with Crippen LogP contribution >= 0.6 is 23.4 Å². The quantitative estimate of drug-likeness (QED) is 0.110. The van der Waals surface area contributed by atoms with E-state index >= 15 is 0 Å². The Kier molecular flexibility index (Phi) is 10.2. The third-order valence-corrected chi connectivity index (χ3v) is 7.92. The van der Waals surface area contributed by atoms with Crippen LogP contribution in [-0.4, -0.2) is 22.7 Å². The molecule has 0 fully saturated rings. The normalized spacial score (nSPS) is 11.7. The highest BCUT2D eigenvalue weighted by molar-refractivity contribution is 8.00. The molecule has 0 radical (unpaired) electrons. The maximum Gasteiger partial charge on any atom is 0.272 e. The minimum atomic E-state index is -0.607. The van der Waals surface area contributed by atoms with Crippen molar-refractivity contribution in [3.05, 3.63) is 161 Å². The molecule has 9 heteroatoms. The Morgan fingerprint density at radius 2 is 1.50 bits per heavy atom. The number of aromatic nitrogens is 1. The number of halogens is 1. The van der Waals surface area contributed by atoms with Crippen LogP contribution in [-0.2, 0) is 9.59 Å². The Balaban J connectivity index is 1.37. The molecule has 3 amide bonds. The lowest BCUT2D eigenvalue weighted by atomic mass is 10.1. The average molecular weight is 619 g/mol. The number of benzene rings is 4. The van der Waals surface area contributed by atoms with Gasteiger partial charge in [-0.15, -0.1) is 11.8 Å². The van der Waals surface area contributed by atoms with Gasteiger partial charge in [-0.1, -0.05) is 84.4 Å². The van der Waals surface area contributed by atoms with Crippen molar-refractivity contribution in [3.63, 3.8) is 0 Å². The monoisotopic (exact) mass is 618 g/mol. The Morgan fingerprint density at radius 3 is 2.23 bits per heavy atom. The lowest BCUT2D eigenvalue weighted by Gasteiger charge is -2.18. The van der Waals surface area contributed by atoms with Crippen LogP contribution in [0.1, 0.15) is 26.7 Å². The van der Waals surface area contributed by atoms with Gasteiger partial charge in [0.15, 0.2) is 0 Å². The highest BCUT2D eigenvalue weighted by Crippen LogP contribution is 2.37. The number of rotatable bonds is 10. The van der Waals surface area contributed by atoms with Crippen molar-refractivity contribution in [2.24, 2.45) is 0 Å². The molecule has 218 valence electrons. The molecule has 1 aromatic heterocycles. The van der Waals surface area contributed by atoms with E-state index in [1.165, 1.54) is 11.8 Å². The van der Waals surface area contributed by atoms with Gasteiger partial charge in [-0.2, -0.15) is 0 Å². The smallest absolute Gasteiger partial charge is 0.272 e. The number of nitrogens with zero attached hydrogens (tertiary/aromatic N) is 1. The minimum absolute atomic E-state index is 0.0474. The predicted octanol–water partition coefficient (Wildman–Crippen LogP) is 7.62. The van der Waals surface area contributed by atoms with Gasteiger partial charge in [0.1, 0.15) is 10.9 Å². The number of carbonyl (C=O) groups excluding carboxylic acids is 3. The van der Waals surface area contributed by atoms with Gasteiger partial charge in [0.25, 0.3) is 11.8 Å². The van der Waals surface area contributed by atoms with Gasteiger partial charge < -0.3 is 16.0 Å². The molecule has 0 spiro atoms. The first-order chi connectivity index (χ1) is 21.5. The van der Waals surface area contributed by atoms with Crippen LogP contribution in [0.5, 0.6) is 0 Å². The topological polar surface area (TPSA) is 100 Å². The molecule has 5 aromatic rings. The molecule has 5 rings (SSSR count). The second kappa shape index (κ2) is 14.8. The number of carbonyl (C=O) groups is 3. The highest BCUT2D eigenvalue weighted by atomic mass is 35.5. The van der Waals surface area contributed by atoms with E-state index < -0.39 is 17.1 Å². The number of hydrogen-bond acceptors (Lipinski definition) is 5. The van der Waals surface area contributed by atoms with Crippen molar-refractivity contribution < 1.29 is 14.4 Å². The van der Waals surface area contributed by atoms with E-state index in [-0.39, 0.29) is 11.6 Å². The Labute approximate surface area is 264 Å². The standard InChI is InChI=1S/C35H27ClN4O3S/c36-29-18-7-8-19-30(29)39-35(43)32(25-12-3-1-4-13-25)44-28-17-9-16-27(22-28)38-34(42)31(21-24-11-10-20-37-23-24)40-33(41)26-14-5-2-6-15-26/h1-23,32H,(H,38,42)(H,39,43)(H,40,41)/b31-21-. The summed E-state index contributed by atoms with van der Waals surface area (Å²) in [6.07, 6.45) is 4.78. The number of hydrogen-bond donors (Lipinski definition) is 3. The summed E-state index contributed by atoms with van der Waals surface area (Å²) in [7, 11) is 0. The van der Waals surface area contributed by atoms with Gasteiger partial charge in [0.05, 0.1) is 10.7 Å². The Morgan fingerprint density at radius 1 is 0.773 bits per heavy atom. The van der Waals surface area contributed by atoms with E-state index in [1.807, 2.05) is 42.5 Å². The number of amides is 3. The van der Waals surface area contributed by atoms with Crippen LogP contribution in [0.4, 0.5) is 11.4 Å². The first kappa shape index (κ1) is 30.3. The lowest BCUT2D eigenvalue weighted by molar-refractivity contribution is -0.116. The number of nitrogens with one attached hydrogen (secondary N) is 3. The molecule has 3 N–H and O–H groups in total. The van der Waals surface area contributed by atoms with Crippen molar-refractivity contribution in [2.45, 2.75) is 10.1 Å². The maximum absolute atomic E-state index is 13.5. The summed E-state index contributed by atoms with van der Waals surface area (Å²) in [5.41, 5.74) is 2.92. The van der Waals surface area contributed by atoms with Crippen molar-refractivity contribution in [1.29, 1.82) is 0 Å². The van der Waals surface area contributed by atoms with Gasteiger partial charge >= 0.3 is 0 Å². The van der Waals surface area contributed by atoms with E-state index in [1.54, 1.807) is 97.3 Å². The highest BCUT2D eigenvalue weighted by Gasteiger charge is 2.23. The second-order valence-electron chi connectivity index (χ2n) is 9.52. The number of anilines is 2. The number of thioether (sulfide) groups is 1. The van der Waals surface area contributed by atoms with Gasteiger partial charge in [-0.05, 0) is 65.7 Å². The molecule has 0 bridgehead atoms. The van der Waals surface area contributed by atoms with Crippen LogP contribution in [0, 0.1) is 0 Å². The van der Waals surface area contributed by atoms with E-state index in [4.69, 9.17) is 11.6 Å². The molecule has 0 aliphatic carbocycles. The van der Waals surface area contributed by atoms with Crippen LogP contribution in [0.2, 0.25) is 5.02 Å². The van der Waals surface area contributed by atoms with Crippen molar-refractivity contribution in [3.8, 4) is 0 Å². The molecular formula is C35H27ClN4O3S. The first-order valence-corrected chi connectivity index (χ1v) is 14.9. The first-order valence-electron chi connectivity index (χ1n) is 13.6. The van der Waals surface area contributed by atoms with Gasteiger partial charge in [0.2, 0.25) is 5.91 Å². The molecule has 4 aromatic carbocycles. The maximum atomic E-state index is 13.5. The van der Waals surface area contributed by atoms with E-state index in [0.29, 0.717) is 27.5 Å². The number of para-hydroxylation sites is 1. The molecular weight excluding hydrogens is 592 g/mol. The third kappa shape index (κ3) is 8.22. The zero-order chi connectivity index (χ0) is 30.7. The Bertz CT molecular complexity index is 1780. The summed E-state index contributed by atoms with van der Waals surface area (Å²) in [6.45, 7) is 0. The molecule has 7 nitrogen and oxygen atoms in total. The summed E-state index contributed by atoms with van der Waals surface area (Å²) >= 11 is 7.63. The molecule has 0 aliphatic rings. The summed E-state index contributed by atoms with van der Waals surface area (Å²) in [5.74, 6) is -1.18. The molecule has 0 aliphatic heterocycles. The third-order valence-electron chi connectivity index (χ3n) is 6.34. The van der Waals surface area contributed by atoms with Gasteiger partial charge in [0, 0.05) is 28.5 Å². The molecule has 1 heterocycles. The fourth-order valence-electron chi connectivity index (χ4n) is 4.21. The Hall–Kier alpha value is -5.18. The average Bonchev–Trinajstić information content (AvgIpc) is 3.06. The van der Waals surface area contributed by atoms with Crippen LogP contribution < -0.4 is 16.0 Å². The van der Waals surface area contributed by atoms with Gasteiger partial charge in [-0.3, -0.25) is 19.4 Å². The van der Waals surface area contributed by atoms with Crippen molar-refractivity contribution in [2.75, 3.05) is 10.6 Å². The van der Waals surface area contributed by atoms with Crippen LogP contribution in [0.15, 0.2) is 144 Å². The van der Waals surface area contributed by atoms with Crippen LogP contribution in [0.3, 0.4) is 0 Å². The molecule has 1 unspecified atom stereocenters. The second-order valence-corrected chi connectivity index (χ2v) is 11.1. The van der Waals surface area contributed by atoms with E-state index in [2.05, 4.69) is 20.9 Å². The summed E-state index contributed by atoms with van der Waals surface area (Å²) in [5, 5.41) is 8.37. The fourth-order valence-corrected chi connectivity index (χ4v) is 5.48. The number of pyridine rings is 1. The van der Waals surface area contributed by atoms with E-state index in [0.717, 1.165) is 10.5 Å². The largest absolute Gasteiger partial charge is 0.323 e. The lowest BCUT2D eigenvalue weighted by Crippen LogP contribution is -2.30. The van der Waals surface area contributed by atoms with Crippen LogP contribution in [0.25, 0.3) is 6.08 Å². The fraction of sp³-hybridized carbons (Fsp3) is 0.0286.